The molecule has 1 amide bonds. The van der Waals surface area contributed by atoms with Crippen LogP contribution < -0.4 is 4.74 Å². The van der Waals surface area contributed by atoms with Crippen LogP contribution >= 0.6 is 0 Å². The van der Waals surface area contributed by atoms with Crippen LogP contribution in [0.3, 0.4) is 0 Å². The molecule has 0 aliphatic heterocycles. The number of ether oxygens (including phenoxy) is 1. The number of aryl methyl sites for hydroxylation is 2. The third-order valence-electron chi connectivity index (χ3n) is 4.76. The summed E-state index contributed by atoms with van der Waals surface area (Å²) in [5.74, 6) is 1.30. The van der Waals surface area contributed by atoms with Gasteiger partial charge >= 0.3 is 0 Å². The maximum Gasteiger partial charge on any atom is 0.254 e. The number of hydrogen-bond donors (Lipinski definition) is 0. The molecule has 1 aromatic heterocycles. The number of hydrogen-bond acceptors (Lipinski definition) is 5. The Morgan fingerprint density at radius 1 is 1.20 bits per heavy atom. The Morgan fingerprint density at radius 2 is 1.90 bits per heavy atom. The number of nitrogens with zero attached hydrogens (tertiary/aromatic N) is 3. The number of carbonyl (C=O) groups excluding carboxylic acids is 1. The summed E-state index contributed by atoms with van der Waals surface area (Å²) in [5.41, 5.74) is 3.84. The number of rotatable bonds is 8. The van der Waals surface area contributed by atoms with Crippen molar-refractivity contribution in [2.45, 2.75) is 27.0 Å². The topological polar surface area (TPSA) is 79.4 Å². The van der Waals surface area contributed by atoms with Crippen LogP contribution in [-0.2, 0) is 13.2 Å². The fourth-order valence-electron chi connectivity index (χ4n) is 3.02. The van der Waals surface area contributed by atoms with Crippen LogP contribution in [0.15, 0.2) is 65.7 Å². The minimum atomic E-state index is -0.100. The lowest BCUT2D eigenvalue weighted by Gasteiger charge is -2.21. The highest BCUT2D eigenvalue weighted by Gasteiger charge is 2.16. The quantitative estimate of drug-likeness (QED) is 0.517. The zero-order valence-corrected chi connectivity index (χ0v) is 17.1. The third-order valence-corrected chi connectivity index (χ3v) is 4.76. The van der Waals surface area contributed by atoms with Gasteiger partial charge in [-0.1, -0.05) is 23.4 Å². The van der Waals surface area contributed by atoms with Crippen molar-refractivity contribution >= 4 is 5.91 Å². The van der Waals surface area contributed by atoms with Crippen molar-refractivity contribution in [1.29, 1.82) is 5.26 Å². The molecule has 6 nitrogen and oxygen atoms in total. The van der Waals surface area contributed by atoms with E-state index in [2.05, 4.69) is 17.8 Å². The molecule has 0 fully saturated rings. The van der Waals surface area contributed by atoms with Gasteiger partial charge in [0.1, 0.15) is 18.1 Å². The highest BCUT2D eigenvalue weighted by Crippen LogP contribution is 2.19. The first kappa shape index (κ1) is 20.9. The predicted molar refractivity (Wildman–Crippen MR) is 113 cm³/mol. The zero-order valence-electron chi connectivity index (χ0n) is 17.1. The molecule has 0 atom stereocenters. The van der Waals surface area contributed by atoms with Crippen LogP contribution in [-0.4, -0.2) is 22.5 Å². The molecule has 0 saturated heterocycles. The lowest BCUT2D eigenvalue weighted by molar-refractivity contribution is 0.0762. The molecule has 3 aromatic rings. The Morgan fingerprint density at radius 3 is 2.47 bits per heavy atom. The summed E-state index contributed by atoms with van der Waals surface area (Å²) >= 11 is 0. The van der Waals surface area contributed by atoms with Crippen LogP contribution in [0.2, 0.25) is 0 Å². The number of carbonyl (C=O) groups is 1. The summed E-state index contributed by atoms with van der Waals surface area (Å²) in [7, 11) is 0. The molecule has 0 radical (unpaired) electrons. The SMILES string of the molecule is C=CCN(Cc1ccc(C#N)cc1)C(=O)c1ccc(OCc2c(C)noc2C)cc1. The van der Waals surface area contributed by atoms with Gasteiger partial charge in [0.2, 0.25) is 0 Å². The molecule has 6 heteroatoms. The van der Waals surface area contributed by atoms with E-state index < -0.39 is 0 Å². The fraction of sp³-hybridized carbons (Fsp3) is 0.208. The number of benzene rings is 2. The van der Waals surface area contributed by atoms with E-state index >= 15 is 0 Å². The van der Waals surface area contributed by atoms with E-state index in [1.54, 1.807) is 47.4 Å². The molecular weight excluding hydrogens is 378 g/mol. The van der Waals surface area contributed by atoms with Gasteiger partial charge in [-0.2, -0.15) is 5.26 Å². The van der Waals surface area contributed by atoms with E-state index in [-0.39, 0.29) is 5.91 Å². The predicted octanol–water partition coefficient (Wildman–Crippen LogP) is 4.57. The summed E-state index contributed by atoms with van der Waals surface area (Å²) < 4.78 is 10.9. The second kappa shape index (κ2) is 9.57. The summed E-state index contributed by atoms with van der Waals surface area (Å²) in [4.78, 5) is 14.7. The first-order valence-corrected chi connectivity index (χ1v) is 9.55. The first-order valence-electron chi connectivity index (χ1n) is 9.55. The maximum absolute atomic E-state index is 13.0. The van der Waals surface area contributed by atoms with E-state index in [9.17, 15) is 4.79 Å². The molecule has 0 N–H and O–H groups in total. The smallest absolute Gasteiger partial charge is 0.254 e. The Kier molecular flexibility index (Phi) is 6.66. The number of aromatic nitrogens is 1. The molecule has 0 aliphatic carbocycles. The Bertz CT molecular complexity index is 1040. The lowest BCUT2D eigenvalue weighted by Crippen LogP contribution is -2.30. The van der Waals surface area contributed by atoms with Gasteiger partial charge in [0.05, 0.1) is 22.9 Å². The summed E-state index contributed by atoms with van der Waals surface area (Å²) in [6, 6.07) is 16.4. The van der Waals surface area contributed by atoms with Gasteiger partial charge in [-0.3, -0.25) is 4.79 Å². The fourth-order valence-corrected chi connectivity index (χ4v) is 3.02. The van der Waals surface area contributed by atoms with Crippen molar-refractivity contribution in [3.63, 3.8) is 0 Å². The monoisotopic (exact) mass is 401 g/mol. The van der Waals surface area contributed by atoms with Crippen molar-refractivity contribution in [3.8, 4) is 11.8 Å². The van der Waals surface area contributed by atoms with Crippen molar-refractivity contribution < 1.29 is 14.1 Å². The van der Waals surface area contributed by atoms with Gasteiger partial charge in [-0.15, -0.1) is 6.58 Å². The van der Waals surface area contributed by atoms with Crippen molar-refractivity contribution in [2.75, 3.05) is 6.54 Å². The molecule has 0 unspecified atom stereocenters. The second-order valence-corrected chi connectivity index (χ2v) is 6.90. The van der Waals surface area contributed by atoms with Crippen LogP contribution in [0, 0.1) is 25.2 Å². The van der Waals surface area contributed by atoms with Crippen LogP contribution in [0.25, 0.3) is 0 Å². The van der Waals surface area contributed by atoms with Crippen LogP contribution in [0.5, 0.6) is 5.75 Å². The molecule has 1 heterocycles. The van der Waals surface area contributed by atoms with Gasteiger partial charge in [0.25, 0.3) is 5.91 Å². The Hall–Kier alpha value is -3.85. The summed E-state index contributed by atoms with van der Waals surface area (Å²) in [6.07, 6.45) is 1.70. The molecule has 152 valence electrons. The highest BCUT2D eigenvalue weighted by molar-refractivity contribution is 5.94. The largest absolute Gasteiger partial charge is 0.489 e. The maximum atomic E-state index is 13.0. The number of nitriles is 1. The van der Waals surface area contributed by atoms with Gasteiger partial charge in [0, 0.05) is 18.7 Å². The van der Waals surface area contributed by atoms with E-state index in [0.29, 0.717) is 36.6 Å². The zero-order chi connectivity index (χ0) is 21.5. The lowest BCUT2D eigenvalue weighted by atomic mass is 10.1. The molecule has 3 rings (SSSR count). The third kappa shape index (κ3) is 4.95. The van der Waals surface area contributed by atoms with Gasteiger partial charge in [-0.05, 0) is 55.8 Å². The van der Waals surface area contributed by atoms with E-state index in [4.69, 9.17) is 14.5 Å². The van der Waals surface area contributed by atoms with Crippen LogP contribution in [0.4, 0.5) is 0 Å². The number of amides is 1. The molecule has 2 aromatic carbocycles. The van der Waals surface area contributed by atoms with Gasteiger partial charge in [-0.25, -0.2) is 0 Å². The molecule has 0 spiro atoms. The summed E-state index contributed by atoms with van der Waals surface area (Å²) in [6.45, 7) is 8.68. The van der Waals surface area contributed by atoms with Crippen LogP contribution in [0.1, 0.15) is 38.5 Å². The average molecular weight is 401 g/mol. The molecular formula is C24H23N3O3. The molecule has 30 heavy (non-hydrogen) atoms. The Labute approximate surface area is 176 Å². The van der Waals surface area contributed by atoms with E-state index in [1.807, 2.05) is 26.0 Å². The van der Waals surface area contributed by atoms with Crippen molar-refractivity contribution in [1.82, 2.24) is 10.1 Å². The first-order chi connectivity index (χ1) is 14.5. The Balaban J connectivity index is 1.67. The normalized spacial score (nSPS) is 10.3. The minimum absolute atomic E-state index is 0.100. The molecule has 0 aliphatic rings. The van der Waals surface area contributed by atoms with Crippen molar-refractivity contribution in [2.24, 2.45) is 0 Å². The molecule has 0 saturated carbocycles. The second-order valence-electron chi connectivity index (χ2n) is 6.90. The van der Waals surface area contributed by atoms with E-state index in [0.717, 1.165) is 22.6 Å². The molecule has 0 bridgehead atoms. The summed E-state index contributed by atoms with van der Waals surface area (Å²) in [5, 5.41) is 12.8. The highest BCUT2D eigenvalue weighted by atomic mass is 16.5. The average Bonchev–Trinajstić information content (AvgIpc) is 3.09. The standard InChI is InChI=1S/C24H23N3O3/c1-4-13-27(15-20-7-5-19(14-25)6-8-20)24(28)21-9-11-22(12-10-21)29-16-23-17(2)26-30-18(23)3/h4-12H,1,13,15-16H2,2-3H3. The van der Waals surface area contributed by atoms with Gasteiger partial charge in [0.15, 0.2) is 0 Å². The van der Waals surface area contributed by atoms with Gasteiger partial charge < -0.3 is 14.2 Å². The van der Waals surface area contributed by atoms with Crippen molar-refractivity contribution in [3.05, 3.63) is 94.9 Å². The minimum Gasteiger partial charge on any atom is -0.489 e. The van der Waals surface area contributed by atoms with E-state index in [1.165, 1.54) is 0 Å².